The number of nitrogens with zero attached hydrogens (tertiary/aromatic N) is 1. The SMILES string of the molecule is [CH2-]c1cnc(Cl)s1. The third-order valence-electron chi connectivity index (χ3n) is 0.525. The molecule has 0 spiro atoms. The first-order valence-corrected chi connectivity index (χ1v) is 2.92. The third-order valence-corrected chi connectivity index (χ3v) is 1.50. The van der Waals surface area contributed by atoms with Crippen LogP contribution in [0.3, 0.4) is 0 Å². The van der Waals surface area contributed by atoms with Crippen LogP contribution in [0.2, 0.25) is 4.47 Å². The smallest absolute Gasteiger partial charge is 0.163 e. The van der Waals surface area contributed by atoms with Gasteiger partial charge in [0, 0.05) is 0 Å². The van der Waals surface area contributed by atoms with Gasteiger partial charge in [-0.15, -0.1) is 22.4 Å². The van der Waals surface area contributed by atoms with E-state index in [0.717, 1.165) is 4.88 Å². The van der Waals surface area contributed by atoms with Gasteiger partial charge in [-0.1, -0.05) is 11.6 Å². The summed E-state index contributed by atoms with van der Waals surface area (Å²) in [5.74, 6) is 0. The van der Waals surface area contributed by atoms with Crippen LogP contribution in [0, 0.1) is 6.92 Å². The summed E-state index contributed by atoms with van der Waals surface area (Å²) >= 11 is 6.81. The second-order valence-electron chi connectivity index (χ2n) is 1.08. The zero-order valence-corrected chi connectivity index (χ0v) is 5.09. The summed E-state index contributed by atoms with van der Waals surface area (Å²) in [4.78, 5) is 4.65. The maximum absolute atomic E-state index is 5.43. The fourth-order valence-corrected chi connectivity index (χ4v) is 1.06. The van der Waals surface area contributed by atoms with E-state index < -0.39 is 0 Å². The molecule has 1 nitrogen and oxygen atoms in total. The van der Waals surface area contributed by atoms with E-state index in [1.54, 1.807) is 6.20 Å². The molecule has 1 heterocycles. The van der Waals surface area contributed by atoms with Gasteiger partial charge in [-0.2, -0.15) is 0 Å². The molecule has 0 unspecified atom stereocenters. The van der Waals surface area contributed by atoms with Crippen LogP contribution in [-0.2, 0) is 0 Å². The summed E-state index contributed by atoms with van der Waals surface area (Å²) < 4.78 is 0.560. The highest BCUT2D eigenvalue weighted by Gasteiger charge is 1.80. The predicted molar refractivity (Wildman–Crippen MR) is 31.6 cm³/mol. The number of hydrogen-bond donors (Lipinski definition) is 0. The lowest BCUT2D eigenvalue weighted by Crippen LogP contribution is -1.50. The first kappa shape index (κ1) is 4.94. The molecule has 0 saturated carbocycles. The molecule has 0 fully saturated rings. The van der Waals surface area contributed by atoms with Crippen molar-refractivity contribution in [3.05, 3.63) is 22.5 Å². The first-order chi connectivity index (χ1) is 3.29. The number of halogens is 1. The van der Waals surface area contributed by atoms with E-state index in [0.29, 0.717) is 4.47 Å². The summed E-state index contributed by atoms with van der Waals surface area (Å²) in [6.45, 7) is 3.61. The van der Waals surface area contributed by atoms with E-state index in [9.17, 15) is 0 Å². The van der Waals surface area contributed by atoms with Gasteiger partial charge in [0.25, 0.3) is 0 Å². The topological polar surface area (TPSA) is 12.9 Å². The lowest BCUT2D eigenvalue weighted by molar-refractivity contribution is 1.41. The minimum Gasteiger partial charge on any atom is -0.331 e. The Labute approximate surface area is 51.0 Å². The van der Waals surface area contributed by atoms with Gasteiger partial charge in [0.1, 0.15) is 0 Å². The van der Waals surface area contributed by atoms with E-state index in [-0.39, 0.29) is 0 Å². The van der Waals surface area contributed by atoms with Gasteiger partial charge in [-0.25, -0.2) is 6.92 Å². The van der Waals surface area contributed by atoms with E-state index in [1.807, 2.05) is 0 Å². The van der Waals surface area contributed by atoms with Crippen LogP contribution >= 0.6 is 22.9 Å². The molecule has 3 heteroatoms. The van der Waals surface area contributed by atoms with Crippen molar-refractivity contribution < 1.29 is 0 Å². The standard InChI is InChI=1S/C4H3ClNS/c1-3-2-6-4(5)7-3/h2H,1H2/q-1. The monoisotopic (exact) mass is 132 g/mol. The zero-order valence-electron chi connectivity index (χ0n) is 3.52. The van der Waals surface area contributed by atoms with E-state index >= 15 is 0 Å². The van der Waals surface area contributed by atoms with Crippen LogP contribution < -0.4 is 0 Å². The minimum atomic E-state index is 0.560. The Bertz CT molecular complexity index is 144. The Balaban J connectivity index is 3.04. The molecule has 0 atom stereocenters. The molecule has 38 valence electrons. The van der Waals surface area contributed by atoms with E-state index in [4.69, 9.17) is 11.6 Å². The molecule has 0 radical (unpaired) electrons. The van der Waals surface area contributed by atoms with Gasteiger partial charge in [-0.3, -0.25) is 0 Å². The van der Waals surface area contributed by atoms with Crippen LogP contribution in [0.1, 0.15) is 4.88 Å². The second-order valence-corrected chi connectivity index (χ2v) is 2.78. The molecule has 0 amide bonds. The molecule has 1 rings (SSSR count). The fourth-order valence-electron chi connectivity index (χ4n) is 0.284. The van der Waals surface area contributed by atoms with E-state index in [1.165, 1.54) is 11.3 Å². The van der Waals surface area contributed by atoms with Crippen LogP contribution in [0.25, 0.3) is 0 Å². The molecule has 0 aliphatic heterocycles. The zero-order chi connectivity index (χ0) is 5.28. The number of thiazole rings is 1. The average Bonchev–Trinajstić information content (AvgIpc) is 1.87. The molecule has 1 aromatic rings. The van der Waals surface area contributed by atoms with Gasteiger partial charge in [0.2, 0.25) is 0 Å². The van der Waals surface area contributed by atoms with Gasteiger partial charge < -0.3 is 4.98 Å². The number of rotatable bonds is 0. The molecule has 0 aromatic carbocycles. The summed E-state index contributed by atoms with van der Waals surface area (Å²) in [6.07, 6.45) is 1.65. The van der Waals surface area contributed by atoms with Crippen LogP contribution in [0.5, 0.6) is 0 Å². The van der Waals surface area contributed by atoms with Gasteiger partial charge in [0.15, 0.2) is 4.47 Å². The first-order valence-electron chi connectivity index (χ1n) is 1.72. The Morgan fingerprint density at radius 3 is 2.71 bits per heavy atom. The van der Waals surface area contributed by atoms with Gasteiger partial charge in [0.05, 0.1) is 0 Å². The Kier molecular flexibility index (Phi) is 1.21. The quantitative estimate of drug-likeness (QED) is 0.492. The summed E-state index contributed by atoms with van der Waals surface area (Å²) in [6, 6.07) is 0. The molecule has 7 heavy (non-hydrogen) atoms. The average molecular weight is 133 g/mol. The highest BCUT2D eigenvalue weighted by atomic mass is 35.5. The maximum Gasteiger partial charge on any atom is 0.163 e. The fraction of sp³-hybridized carbons (Fsp3) is 0. The molecule has 0 N–H and O–H groups in total. The molecule has 0 bridgehead atoms. The molecule has 0 aliphatic carbocycles. The van der Waals surface area contributed by atoms with Crippen molar-refractivity contribution >= 4 is 22.9 Å². The van der Waals surface area contributed by atoms with Crippen molar-refractivity contribution in [2.45, 2.75) is 0 Å². The molecular formula is C4H3ClNS-. The minimum absolute atomic E-state index is 0.560. The molecule has 0 aliphatic rings. The largest absolute Gasteiger partial charge is 0.331 e. The predicted octanol–water partition coefficient (Wildman–Crippen LogP) is 1.98. The van der Waals surface area contributed by atoms with Crippen molar-refractivity contribution in [2.75, 3.05) is 0 Å². The Morgan fingerprint density at radius 2 is 2.57 bits per heavy atom. The van der Waals surface area contributed by atoms with Gasteiger partial charge >= 0.3 is 0 Å². The highest BCUT2D eigenvalue weighted by molar-refractivity contribution is 7.15. The van der Waals surface area contributed by atoms with Crippen molar-refractivity contribution in [3.63, 3.8) is 0 Å². The second kappa shape index (κ2) is 1.72. The lowest BCUT2D eigenvalue weighted by atomic mass is 10.7. The van der Waals surface area contributed by atoms with Crippen LogP contribution in [0.15, 0.2) is 6.20 Å². The normalized spacial score (nSPS) is 9.29. The molecule has 1 aromatic heterocycles. The lowest BCUT2D eigenvalue weighted by Gasteiger charge is -1.77. The van der Waals surface area contributed by atoms with Crippen LogP contribution in [0.4, 0.5) is 0 Å². The number of aromatic nitrogens is 1. The molecule has 0 saturated heterocycles. The third kappa shape index (κ3) is 1.08. The Morgan fingerprint density at radius 1 is 1.86 bits per heavy atom. The Hall–Kier alpha value is -0.210. The van der Waals surface area contributed by atoms with Crippen molar-refractivity contribution in [2.24, 2.45) is 0 Å². The number of hydrogen-bond acceptors (Lipinski definition) is 2. The maximum atomic E-state index is 5.43. The van der Waals surface area contributed by atoms with Crippen molar-refractivity contribution in [1.82, 2.24) is 4.98 Å². The van der Waals surface area contributed by atoms with Crippen LogP contribution in [-0.4, -0.2) is 4.98 Å². The highest BCUT2D eigenvalue weighted by Crippen LogP contribution is 2.15. The summed E-state index contributed by atoms with van der Waals surface area (Å²) in [7, 11) is 0. The van der Waals surface area contributed by atoms with Gasteiger partial charge in [-0.05, 0) is 0 Å². The summed E-state index contributed by atoms with van der Waals surface area (Å²) in [5.41, 5.74) is 0. The van der Waals surface area contributed by atoms with Crippen molar-refractivity contribution in [1.29, 1.82) is 0 Å². The van der Waals surface area contributed by atoms with Crippen molar-refractivity contribution in [3.8, 4) is 0 Å². The molecular weight excluding hydrogens is 130 g/mol. The summed E-state index contributed by atoms with van der Waals surface area (Å²) in [5, 5.41) is 0. The van der Waals surface area contributed by atoms with E-state index in [2.05, 4.69) is 11.9 Å².